The third-order valence-electron chi connectivity index (χ3n) is 7.32. The molecule has 0 saturated carbocycles. The van der Waals surface area contributed by atoms with Gasteiger partial charge >= 0.3 is 12.4 Å². The first-order chi connectivity index (χ1) is 16.7. The summed E-state index contributed by atoms with van der Waals surface area (Å²) in [5, 5.41) is 19.9. The van der Waals surface area contributed by atoms with E-state index in [2.05, 4.69) is 4.98 Å². The lowest BCUT2D eigenvalue weighted by atomic mass is 9.83. The van der Waals surface area contributed by atoms with Crippen LogP contribution < -0.4 is 4.74 Å². The van der Waals surface area contributed by atoms with E-state index >= 15 is 0 Å². The van der Waals surface area contributed by atoms with Crippen molar-refractivity contribution in [2.75, 3.05) is 19.8 Å². The van der Waals surface area contributed by atoms with Crippen molar-refractivity contribution in [2.45, 2.75) is 69.2 Å². The largest absolute Gasteiger partial charge is 0.490 e. The highest BCUT2D eigenvalue weighted by molar-refractivity contribution is 6.74. The summed E-state index contributed by atoms with van der Waals surface area (Å²) >= 11 is 0. The highest BCUT2D eigenvalue weighted by Gasteiger charge is 2.57. The molecule has 2 heterocycles. The number of hydrogen-bond acceptors (Lipinski definition) is 5. The van der Waals surface area contributed by atoms with Gasteiger partial charge in [-0.1, -0.05) is 32.9 Å². The van der Waals surface area contributed by atoms with Gasteiger partial charge in [0, 0.05) is 17.7 Å². The molecule has 0 saturated heterocycles. The number of fused-ring (bicyclic) bond motifs is 1. The summed E-state index contributed by atoms with van der Waals surface area (Å²) in [6.07, 6.45) is -9.90. The molecule has 0 aliphatic carbocycles. The van der Waals surface area contributed by atoms with E-state index in [1.807, 2.05) is 33.9 Å². The fourth-order valence-corrected chi connectivity index (χ4v) is 4.77. The Hall–Kier alpha value is -2.15. The maximum Gasteiger partial charge on any atom is 0.425 e. The van der Waals surface area contributed by atoms with Crippen LogP contribution >= 0.6 is 0 Å². The first-order valence-corrected chi connectivity index (χ1v) is 14.5. The number of halogens is 6. The van der Waals surface area contributed by atoms with E-state index in [1.165, 1.54) is 0 Å². The molecule has 1 aliphatic heterocycles. The molecule has 0 bridgehead atoms. The maximum atomic E-state index is 13.9. The summed E-state index contributed by atoms with van der Waals surface area (Å²) in [6, 6.07) is 4.76. The highest BCUT2D eigenvalue weighted by Crippen LogP contribution is 2.49. The summed E-state index contributed by atoms with van der Waals surface area (Å²) in [7, 11) is -2.28. The number of aliphatic hydroxyl groups is 2. The van der Waals surface area contributed by atoms with Crippen molar-refractivity contribution in [3.05, 3.63) is 47.2 Å². The fourth-order valence-electron chi connectivity index (χ4n) is 3.65. The Balaban J connectivity index is 2.20. The van der Waals surface area contributed by atoms with Gasteiger partial charge < -0.3 is 19.4 Å². The summed E-state index contributed by atoms with van der Waals surface area (Å²) in [5.74, 6) is 0.0901. The number of aromatic nitrogens is 1. The number of aliphatic hydroxyl groups excluding tert-OH is 1. The zero-order valence-electron chi connectivity index (χ0n) is 21.4. The molecular formula is C25H31F6NO4Si. The van der Waals surface area contributed by atoms with Crippen molar-refractivity contribution in [3.8, 4) is 17.0 Å². The average Bonchev–Trinajstić information content (AvgIpc) is 3.11. The number of alkyl halides is 6. The van der Waals surface area contributed by atoms with Crippen molar-refractivity contribution in [3.63, 3.8) is 0 Å². The van der Waals surface area contributed by atoms with Crippen LogP contribution in [0.3, 0.4) is 0 Å². The summed E-state index contributed by atoms with van der Waals surface area (Å²) in [6.45, 7) is 10.3. The lowest BCUT2D eigenvalue weighted by Crippen LogP contribution is -2.47. The predicted octanol–water partition coefficient (Wildman–Crippen LogP) is 6.18. The van der Waals surface area contributed by atoms with Crippen LogP contribution in [0.1, 0.15) is 44.5 Å². The summed E-state index contributed by atoms with van der Waals surface area (Å²) < 4.78 is 93.0. The molecule has 0 radical (unpaired) electrons. The Morgan fingerprint density at radius 1 is 1.05 bits per heavy atom. The topological polar surface area (TPSA) is 71.8 Å². The van der Waals surface area contributed by atoms with Crippen LogP contribution in [-0.2, 0) is 21.6 Å². The van der Waals surface area contributed by atoms with E-state index in [0.29, 0.717) is 0 Å². The molecule has 3 rings (SSSR count). The Morgan fingerprint density at radius 3 is 2.08 bits per heavy atom. The number of nitrogens with zero attached hydrogens (tertiary/aromatic N) is 1. The zero-order chi connectivity index (χ0) is 28.2. The SMILES string of the molecule is CC(C)(C)[Si](C)(C)OC[C@@]1(C)COc2c1cc(C(O)(CO)C(F)(F)F)nc2-c1ccc(C(F)(F)F)cc1. The minimum Gasteiger partial charge on any atom is -0.490 e. The first-order valence-electron chi connectivity index (χ1n) is 11.6. The smallest absolute Gasteiger partial charge is 0.425 e. The van der Waals surface area contributed by atoms with Crippen molar-refractivity contribution >= 4 is 8.32 Å². The van der Waals surface area contributed by atoms with E-state index in [0.717, 1.165) is 30.3 Å². The van der Waals surface area contributed by atoms with Crippen LogP contribution in [0.15, 0.2) is 30.3 Å². The Labute approximate surface area is 212 Å². The third kappa shape index (κ3) is 5.38. The number of benzene rings is 1. The monoisotopic (exact) mass is 551 g/mol. The predicted molar refractivity (Wildman–Crippen MR) is 128 cm³/mol. The van der Waals surface area contributed by atoms with Crippen molar-refractivity contribution < 1.29 is 45.7 Å². The van der Waals surface area contributed by atoms with Crippen molar-refractivity contribution in [1.29, 1.82) is 0 Å². The second-order valence-electron chi connectivity index (χ2n) is 11.2. The highest BCUT2D eigenvalue weighted by atomic mass is 28.4. The van der Waals surface area contributed by atoms with Gasteiger partial charge in [-0.2, -0.15) is 26.3 Å². The molecule has 2 atom stereocenters. The van der Waals surface area contributed by atoms with Gasteiger partial charge in [-0.3, -0.25) is 0 Å². The maximum absolute atomic E-state index is 13.9. The minimum atomic E-state index is -5.28. The number of hydrogen-bond donors (Lipinski definition) is 2. The fraction of sp³-hybridized carbons (Fsp3) is 0.560. The standard InChI is InChI=1S/C25H31F6NO4Si/c1-21(2,3)37(5,6)36-14-22(4)13-35-20-17(22)11-18(23(34,12-33)25(29,30)31)32-19(20)15-7-9-16(10-8-15)24(26,27)28/h7-11,33-34H,12-14H2,1-6H3/t22-,23?/m1/s1. The molecule has 2 aromatic rings. The molecular weight excluding hydrogens is 520 g/mol. The van der Waals surface area contributed by atoms with Gasteiger partial charge in [0.2, 0.25) is 5.60 Å². The van der Waals surface area contributed by atoms with Gasteiger partial charge in [-0.05, 0) is 43.3 Å². The van der Waals surface area contributed by atoms with Crippen molar-refractivity contribution in [1.82, 2.24) is 4.98 Å². The van der Waals surface area contributed by atoms with Crippen LogP contribution in [0.25, 0.3) is 11.3 Å². The second kappa shape index (κ2) is 9.25. The lowest BCUT2D eigenvalue weighted by Gasteiger charge is -2.38. The molecule has 2 N–H and O–H groups in total. The molecule has 5 nitrogen and oxygen atoms in total. The van der Waals surface area contributed by atoms with Crippen LogP contribution in [-0.4, -0.2) is 49.5 Å². The molecule has 12 heteroatoms. The van der Waals surface area contributed by atoms with Crippen LogP contribution in [0.2, 0.25) is 18.1 Å². The van der Waals surface area contributed by atoms with Gasteiger partial charge in [0.05, 0.1) is 23.3 Å². The van der Waals surface area contributed by atoms with Gasteiger partial charge in [0.15, 0.2) is 8.32 Å². The van der Waals surface area contributed by atoms with E-state index in [9.17, 15) is 36.6 Å². The molecule has 0 amide bonds. The molecule has 37 heavy (non-hydrogen) atoms. The minimum absolute atomic E-state index is 0.0132. The Bertz CT molecular complexity index is 1140. The molecule has 1 aliphatic rings. The van der Waals surface area contributed by atoms with Crippen LogP contribution in [0, 0.1) is 0 Å². The van der Waals surface area contributed by atoms with Gasteiger partial charge in [-0.15, -0.1) is 0 Å². The van der Waals surface area contributed by atoms with Crippen LogP contribution in [0.5, 0.6) is 5.75 Å². The van der Waals surface area contributed by atoms with E-state index in [-0.39, 0.29) is 40.8 Å². The molecule has 0 spiro atoms. The third-order valence-corrected chi connectivity index (χ3v) is 11.8. The summed E-state index contributed by atoms with van der Waals surface area (Å²) in [5.41, 5.74) is -6.35. The molecule has 1 aromatic carbocycles. The molecule has 1 unspecified atom stereocenters. The Morgan fingerprint density at radius 2 is 1.62 bits per heavy atom. The lowest BCUT2D eigenvalue weighted by molar-refractivity contribution is -0.279. The number of pyridine rings is 1. The number of ether oxygens (including phenoxy) is 1. The van der Waals surface area contributed by atoms with Crippen LogP contribution in [0.4, 0.5) is 26.3 Å². The normalized spacial score (nSPS) is 20.4. The Kier molecular flexibility index (Phi) is 7.35. The zero-order valence-corrected chi connectivity index (χ0v) is 22.4. The quantitative estimate of drug-likeness (QED) is 0.331. The van der Waals surface area contributed by atoms with E-state index in [4.69, 9.17) is 9.16 Å². The van der Waals surface area contributed by atoms with E-state index < -0.39 is 49.6 Å². The second-order valence-corrected chi connectivity index (χ2v) is 16.0. The summed E-state index contributed by atoms with van der Waals surface area (Å²) in [4.78, 5) is 3.96. The molecule has 1 aromatic heterocycles. The van der Waals surface area contributed by atoms with E-state index in [1.54, 1.807) is 6.92 Å². The average molecular weight is 552 g/mol. The van der Waals surface area contributed by atoms with Gasteiger partial charge in [0.1, 0.15) is 18.1 Å². The van der Waals surface area contributed by atoms with Crippen molar-refractivity contribution in [2.24, 2.45) is 0 Å². The number of rotatable bonds is 6. The van der Waals surface area contributed by atoms with Gasteiger partial charge in [-0.25, -0.2) is 4.98 Å². The van der Waals surface area contributed by atoms with Gasteiger partial charge in [0.25, 0.3) is 0 Å². The molecule has 206 valence electrons. The molecule has 0 fully saturated rings. The first kappa shape index (κ1) is 29.4.